The van der Waals surface area contributed by atoms with Crippen LogP contribution >= 0.6 is 0 Å². The number of aryl methyl sites for hydroxylation is 1. The van der Waals surface area contributed by atoms with Crippen molar-refractivity contribution in [3.8, 4) is 11.5 Å². The predicted molar refractivity (Wildman–Crippen MR) is 50.2 cm³/mol. The van der Waals surface area contributed by atoms with Crippen LogP contribution in [0.4, 0.5) is 5.69 Å². The molecule has 0 bridgehead atoms. The van der Waals surface area contributed by atoms with E-state index in [4.69, 9.17) is 15.3 Å². The third-order valence-electron chi connectivity index (χ3n) is 1.87. The average Bonchev–Trinajstić information content (AvgIpc) is 2.71. The Labute approximate surface area is 83.9 Å². The van der Waals surface area contributed by atoms with Crippen molar-refractivity contribution in [2.24, 2.45) is 0 Å². The summed E-state index contributed by atoms with van der Waals surface area (Å²) in [7, 11) is 0. The zero-order chi connectivity index (χ0) is 11.0. The maximum atomic E-state index is 10.7. The summed E-state index contributed by atoms with van der Waals surface area (Å²) in [6.45, 7) is 1.67. The molecule has 0 aliphatic heterocycles. The Morgan fingerprint density at radius 3 is 2.87 bits per heavy atom. The van der Waals surface area contributed by atoms with Gasteiger partial charge in [0.2, 0.25) is 0 Å². The van der Waals surface area contributed by atoms with Crippen LogP contribution in [0.1, 0.15) is 16.4 Å². The lowest BCUT2D eigenvalue weighted by Gasteiger charge is -1.92. The summed E-state index contributed by atoms with van der Waals surface area (Å²) in [5, 5.41) is 14.8. The molecular weight excluding hydrogens is 200 g/mol. The van der Waals surface area contributed by atoms with E-state index in [1.54, 1.807) is 6.92 Å². The molecule has 0 saturated carbocycles. The van der Waals surface area contributed by atoms with E-state index in [2.05, 4.69) is 15.2 Å². The molecule has 2 aromatic rings. The van der Waals surface area contributed by atoms with E-state index in [1.807, 2.05) is 0 Å². The zero-order valence-electron chi connectivity index (χ0n) is 7.81. The number of oxazole rings is 1. The van der Waals surface area contributed by atoms with Gasteiger partial charge >= 0.3 is 5.97 Å². The number of aromatic nitrogens is 3. The lowest BCUT2D eigenvalue weighted by atomic mass is 10.2. The Kier molecular flexibility index (Phi) is 1.93. The van der Waals surface area contributed by atoms with Crippen LogP contribution in [0.15, 0.2) is 10.6 Å². The van der Waals surface area contributed by atoms with Gasteiger partial charge in [-0.25, -0.2) is 9.78 Å². The van der Waals surface area contributed by atoms with Gasteiger partial charge in [-0.3, -0.25) is 5.10 Å². The number of aromatic carboxylic acids is 1. The number of anilines is 1. The number of nitrogens with two attached hydrogens (primary N) is 1. The molecule has 78 valence electrons. The fourth-order valence-corrected chi connectivity index (χ4v) is 1.18. The second kappa shape index (κ2) is 3.12. The molecule has 0 aliphatic rings. The van der Waals surface area contributed by atoms with Crippen molar-refractivity contribution in [1.29, 1.82) is 0 Å². The van der Waals surface area contributed by atoms with Gasteiger partial charge in [-0.1, -0.05) is 0 Å². The number of aromatic amines is 1. The summed E-state index contributed by atoms with van der Waals surface area (Å²) in [5.41, 5.74) is 5.73. The third-order valence-corrected chi connectivity index (χ3v) is 1.87. The van der Waals surface area contributed by atoms with Gasteiger partial charge in [0.15, 0.2) is 17.3 Å². The van der Waals surface area contributed by atoms with E-state index in [0.29, 0.717) is 17.3 Å². The topological polar surface area (TPSA) is 118 Å². The molecule has 2 aromatic heterocycles. The van der Waals surface area contributed by atoms with Crippen molar-refractivity contribution < 1.29 is 14.3 Å². The molecule has 0 aliphatic carbocycles. The second-order valence-electron chi connectivity index (χ2n) is 2.91. The number of H-pyrrole nitrogens is 1. The van der Waals surface area contributed by atoms with Crippen molar-refractivity contribution >= 4 is 11.7 Å². The second-order valence-corrected chi connectivity index (χ2v) is 2.91. The molecule has 7 nitrogen and oxygen atoms in total. The van der Waals surface area contributed by atoms with Crippen LogP contribution in [0.2, 0.25) is 0 Å². The summed E-state index contributed by atoms with van der Waals surface area (Å²) in [5.74, 6) is -0.355. The summed E-state index contributed by atoms with van der Waals surface area (Å²) < 4.78 is 5.19. The van der Waals surface area contributed by atoms with Crippen LogP contribution in [-0.4, -0.2) is 26.3 Å². The van der Waals surface area contributed by atoms with Gasteiger partial charge in [0.1, 0.15) is 5.69 Å². The third kappa shape index (κ3) is 1.43. The predicted octanol–water partition coefficient (Wildman–Crippen LogP) is 0.654. The molecule has 0 amide bonds. The van der Waals surface area contributed by atoms with Crippen LogP contribution in [-0.2, 0) is 0 Å². The average molecular weight is 208 g/mol. The van der Waals surface area contributed by atoms with Crippen molar-refractivity contribution in [2.75, 3.05) is 5.73 Å². The van der Waals surface area contributed by atoms with Gasteiger partial charge < -0.3 is 15.3 Å². The minimum absolute atomic E-state index is 0.0404. The van der Waals surface area contributed by atoms with Crippen molar-refractivity contribution in [3.05, 3.63) is 17.8 Å². The first kappa shape index (κ1) is 9.25. The van der Waals surface area contributed by atoms with Crippen molar-refractivity contribution in [1.82, 2.24) is 15.2 Å². The number of nitrogens with zero attached hydrogens (tertiary/aromatic N) is 2. The smallest absolute Gasteiger partial charge is 0.358 e. The van der Waals surface area contributed by atoms with E-state index in [-0.39, 0.29) is 11.4 Å². The monoisotopic (exact) mass is 208 g/mol. The van der Waals surface area contributed by atoms with Crippen LogP contribution in [0.25, 0.3) is 11.5 Å². The molecule has 0 fully saturated rings. The van der Waals surface area contributed by atoms with Crippen LogP contribution in [0, 0.1) is 6.92 Å². The fraction of sp³-hybridized carbons (Fsp3) is 0.125. The number of rotatable bonds is 2. The molecule has 2 heterocycles. The highest BCUT2D eigenvalue weighted by molar-refractivity contribution is 5.94. The van der Waals surface area contributed by atoms with Crippen LogP contribution in [0.5, 0.6) is 0 Å². The van der Waals surface area contributed by atoms with E-state index in [9.17, 15) is 4.79 Å². The maximum absolute atomic E-state index is 10.7. The quantitative estimate of drug-likeness (QED) is 0.666. The molecule has 2 rings (SSSR count). The molecule has 0 aromatic carbocycles. The highest BCUT2D eigenvalue weighted by Crippen LogP contribution is 2.26. The number of carboxylic acid groups (broad SMARTS) is 1. The molecular formula is C8H8N4O3. The number of nitrogen functional groups attached to an aromatic ring is 1. The van der Waals surface area contributed by atoms with E-state index in [0.717, 1.165) is 0 Å². The van der Waals surface area contributed by atoms with Gasteiger partial charge in [-0.15, -0.1) is 0 Å². The SMILES string of the molecule is Cc1ncc(-c2[nH]nc(C(=O)O)c2N)o1. The Bertz CT molecular complexity index is 514. The number of nitrogens with one attached hydrogen (secondary N) is 1. The number of hydrogen-bond acceptors (Lipinski definition) is 5. The Balaban J connectivity index is 2.50. The molecule has 15 heavy (non-hydrogen) atoms. The molecule has 0 atom stereocenters. The Morgan fingerprint density at radius 1 is 1.67 bits per heavy atom. The summed E-state index contributed by atoms with van der Waals surface area (Å²) in [6, 6.07) is 0. The summed E-state index contributed by atoms with van der Waals surface area (Å²) in [4.78, 5) is 14.5. The Morgan fingerprint density at radius 2 is 2.40 bits per heavy atom. The maximum Gasteiger partial charge on any atom is 0.358 e. The van der Waals surface area contributed by atoms with Crippen molar-refractivity contribution in [3.63, 3.8) is 0 Å². The van der Waals surface area contributed by atoms with E-state index in [1.165, 1.54) is 6.20 Å². The fourth-order valence-electron chi connectivity index (χ4n) is 1.18. The first-order valence-electron chi connectivity index (χ1n) is 4.09. The zero-order valence-corrected chi connectivity index (χ0v) is 7.81. The van der Waals surface area contributed by atoms with Gasteiger partial charge in [0, 0.05) is 6.92 Å². The summed E-state index contributed by atoms with van der Waals surface area (Å²) >= 11 is 0. The van der Waals surface area contributed by atoms with Crippen LogP contribution in [0.3, 0.4) is 0 Å². The van der Waals surface area contributed by atoms with E-state index < -0.39 is 5.97 Å². The summed E-state index contributed by atoms with van der Waals surface area (Å²) in [6.07, 6.45) is 1.45. The minimum atomic E-state index is -1.19. The molecule has 0 radical (unpaired) electrons. The molecule has 4 N–H and O–H groups in total. The standard InChI is InChI=1S/C8H8N4O3/c1-3-10-2-4(15-3)6-5(9)7(8(13)14)12-11-6/h2H,9H2,1H3,(H,11,12)(H,13,14). The number of hydrogen-bond donors (Lipinski definition) is 3. The van der Waals surface area contributed by atoms with Gasteiger partial charge in [-0.2, -0.15) is 5.10 Å². The normalized spacial score (nSPS) is 10.5. The van der Waals surface area contributed by atoms with E-state index >= 15 is 0 Å². The highest BCUT2D eigenvalue weighted by Gasteiger charge is 2.19. The largest absolute Gasteiger partial charge is 0.476 e. The highest BCUT2D eigenvalue weighted by atomic mass is 16.4. The lowest BCUT2D eigenvalue weighted by molar-refractivity contribution is 0.0691. The van der Waals surface area contributed by atoms with Crippen LogP contribution < -0.4 is 5.73 Å². The van der Waals surface area contributed by atoms with Crippen molar-refractivity contribution in [2.45, 2.75) is 6.92 Å². The lowest BCUT2D eigenvalue weighted by Crippen LogP contribution is -2.01. The molecule has 0 saturated heterocycles. The first-order chi connectivity index (χ1) is 7.09. The van der Waals surface area contributed by atoms with Gasteiger partial charge in [0.25, 0.3) is 0 Å². The Hall–Kier alpha value is -2.31. The number of carbonyl (C=O) groups is 1. The first-order valence-corrected chi connectivity index (χ1v) is 4.09. The molecule has 0 spiro atoms. The number of carboxylic acids is 1. The van der Waals surface area contributed by atoms with Gasteiger partial charge in [-0.05, 0) is 0 Å². The molecule has 0 unspecified atom stereocenters. The minimum Gasteiger partial charge on any atom is -0.476 e. The van der Waals surface area contributed by atoms with Gasteiger partial charge in [0.05, 0.1) is 11.9 Å². The molecule has 7 heteroatoms.